The van der Waals surface area contributed by atoms with Gasteiger partial charge in [-0.3, -0.25) is 4.79 Å². The van der Waals surface area contributed by atoms with Crippen LogP contribution < -0.4 is 10.6 Å². The summed E-state index contributed by atoms with van der Waals surface area (Å²) in [6, 6.07) is 3.50. The maximum Gasteiger partial charge on any atom is 0.234 e. The smallest absolute Gasteiger partial charge is 0.234 e. The first-order chi connectivity index (χ1) is 8.54. The number of hydrogen-bond acceptors (Lipinski definition) is 2. The Balaban J connectivity index is 2.48. The number of hydrogen-bond donors (Lipinski definition) is 2. The van der Waals surface area contributed by atoms with Crippen LogP contribution in [-0.2, 0) is 11.3 Å². The average Bonchev–Trinajstić information content (AvgIpc) is 2.33. The molecule has 18 heavy (non-hydrogen) atoms. The standard InChI is InChI=1S/C14H19FN2O/c1-4-5-16-9-13(18)17-8-12-6-10(2)14(15)11(3)7-12/h4,6-7,16H,1,5,8-9H2,2-3H3,(H,17,18). The third kappa shape index (κ3) is 4.30. The van der Waals surface area contributed by atoms with E-state index in [1.807, 2.05) is 0 Å². The molecule has 1 amide bonds. The highest BCUT2D eigenvalue weighted by Gasteiger charge is 2.05. The number of carbonyl (C=O) groups is 1. The van der Waals surface area contributed by atoms with Crippen molar-refractivity contribution in [2.75, 3.05) is 13.1 Å². The van der Waals surface area contributed by atoms with Crippen molar-refractivity contribution in [3.63, 3.8) is 0 Å². The zero-order valence-corrected chi connectivity index (χ0v) is 10.8. The van der Waals surface area contributed by atoms with E-state index >= 15 is 0 Å². The van der Waals surface area contributed by atoms with E-state index in [0.717, 1.165) is 5.56 Å². The van der Waals surface area contributed by atoms with E-state index in [2.05, 4.69) is 17.2 Å². The molecule has 3 nitrogen and oxygen atoms in total. The number of halogens is 1. The van der Waals surface area contributed by atoms with Crippen LogP contribution >= 0.6 is 0 Å². The van der Waals surface area contributed by atoms with E-state index < -0.39 is 0 Å². The molecule has 0 unspecified atom stereocenters. The Labute approximate surface area is 107 Å². The Hall–Kier alpha value is -1.68. The SMILES string of the molecule is C=CCNCC(=O)NCc1cc(C)c(F)c(C)c1. The molecule has 0 aliphatic rings. The minimum atomic E-state index is -0.183. The summed E-state index contributed by atoms with van der Waals surface area (Å²) < 4.78 is 13.4. The Kier molecular flexibility index (Phi) is 5.52. The molecule has 0 bridgehead atoms. The highest BCUT2D eigenvalue weighted by atomic mass is 19.1. The van der Waals surface area contributed by atoms with Crippen molar-refractivity contribution in [3.05, 3.63) is 47.3 Å². The summed E-state index contributed by atoms with van der Waals surface area (Å²) in [6.45, 7) is 8.26. The van der Waals surface area contributed by atoms with Crippen LogP contribution in [-0.4, -0.2) is 19.0 Å². The first-order valence-electron chi connectivity index (χ1n) is 5.88. The quantitative estimate of drug-likeness (QED) is 0.597. The first-order valence-corrected chi connectivity index (χ1v) is 5.88. The van der Waals surface area contributed by atoms with Crippen molar-refractivity contribution in [2.45, 2.75) is 20.4 Å². The molecule has 98 valence electrons. The van der Waals surface area contributed by atoms with Gasteiger partial charge in [-0.1, -0.05) is 18.2 Å². The fraction of sp³-hybridized carbons (Fsp3) is 0.357. The second kappa shape index (κ2) is 6.91. The van der Waals surface area contributed by atoms with Gasteiger partial charge in [0, 0.05) is 13.1 Å². The topological polar surface area (TPSA) is 41.1 Å². The molecule has 4 heteroatoms. The molecule has 0 aliphatic carbocycles. The van der Waals surface area contributed by atoms with Crippen molar-refractivity contribution < 1.29 is 9.18 Å². The summed E-state index contributed by atoms with van der Waals surface area (Å²) in [7, 11) is 0. The van der Waals surface area contributed by atoms with Crippen molar-refractivity contribution in [2.24, 2.45) is 0 Å². The van der Waals surface area contributed by atoms with E-state index in [0.29, 0.717) is 24.2 Å². The van der Waals surface area contributed by atoms with Gasteiger partial charge in [-0.2, -0.15) is 0 Å². The van der Waals surface area contributed by atoms with Gasteiger partial charge >= 0.3 is 0 Å². The fourth-order valence-corrected chi connectivity index (χ4v) is 1.69. The van der Waals surface area contributed by atoms with Crippen molar-refractivity contribution in [1.29, 1.82) is 0 Å². The molecule has 1 aromatic rings. The lowest BCUT2D eigenvalue weighted by molar-refractivity contribution is -0.120. The maximum absolute atomic E-state index is 13.4. The number of amides is 1. The normalized spacial score (nSPS) is 10.2. The van der Waals surface area contributed by atoms with Crippen LogP contribution in [0.4, 0.5) is 4.39 Å². The van der Waals surface area contributed by atoms with Crippen LogP contribution in [0.3, 0.4) is 0 Å². The molecule has 0 aliphatic heterocycles. The molecule has 0 saturated heterocycles. The zero-order valence-electron chi connectivity index (χ0n) is 10.8. The van der Waals surface area contributed by atoms with E-state index in [1.165, 1.54) is 0 Å². The highest BCUT2D eigenvalue weighted by molar-refractivity contribution is 5.77. The monoisotopic (exact) mass is 250 g/mol. The number of aryl methyl sites for hydroxylation is 2. The van der Waals surface area contributed by atoms with Crippen molar-refractivity contribution in [1.82, 2.24) is 10.6 Å². The molecule has 0 spiro atoms. The average molecular weight is 250 g/mol. The predicted octanol–water partition coefficient (Wildman–Crippen LogP) is 1.83. The van der Waals surface area contributed by atoms with E-state index in [4.69, 9.17) is 0 Å². The van der Waals surface area contributed by atoms with Crippen LogP contribution in [0.2, 0.25) is 0 Å². The molecule has 1 aromatic carbocycles. The van der Waals surface area contributed by atoms with Gasteiger partial charge < -0.3 is 10.6 Å². The summed E-state index contributed by atoms with van der Waals surface area (Å²) >= 11 is 0. The Morgan fingerprint density at radius 2 is 2.00 bits per heavy atom. The number of benzene rings is 1. The highest BCUT2D eigenvalue weighted by Crippen LogP contribution is 2.14. The zero-order chi connectivity index (χ0) is 13.5. The van der Waals surface area contributed by atoms with Crippen molar-refractivity contribution >= 4 is 5.91 Å². The molecule has 0 aromatic heterocycles. The molecular weight excluding hydrogens is 231 g/mol. The predicted molar refractivity (Wildman–Crippen MR) is 70.8 cm³/mol. The molecule has 0 heterocycles. The summed E-state index contributed by atoms with van der Waals surface area (Å²) in [6.07, 6.45) is 1.69. The van der Waals surface area contributed by atoms with E-state index in [-0.39, 0.29) is 18.3 Å². The second-order valence-corrected chi connectivity index (χ2v) is 4.24. The fourth-order valence-electron chi connectivity index (χ4n) is 1.69. The Morgan fingerprint density at radius 3 is 2.56 bits per heavy atom. The molecular formula is C14H19FN2O. The van der Waals surface area contributed by atoms with Crippen LogP contribution in [0.1, 0.15) is 16.7 Å². The van der Waals surface area contributed by atoms with Gasteiger partial charge in [-0.05, 0) is 30.5 Å². The van der Waals surface area contributed by atoms with Gasteiger partial charge in [0.15, 0.2) is 0 Å². The lowest BCUT2D eigenvalue weighted by Gasteiger charge is -2.08. The molecule has 0 fully saturated rings. The molecule has 0 radical (unpaired) electrons. The van der Waals surface area contributed by atoms with Gasteiger partial charge in [-0.15, -0.1) is 6.58 Å². The maximum atomic E-state index is 13.4. The van der Waals surface area contributed by atoms with E-state index in [1.54, 1.807) is 32.1 Å². The van der Waals surface area contributed by atoms with Crippen LogP contribution in [0.15, 0.2) is 24.8 Å². The van der Waals surface area contributed by atoms with E-state index in [9.17, 15) is 9.18 Å². The molecule has 1 rings (SSSR count). The number of carbonyl (C=O) groups excluding carboxylic acids is 1. The van der Waals surface area contributed by atoms with Crippen molar-refractivity contribution in [3.8, 4) is 0 Å². The molecule has 0 saturated carbocycles. The van der Waals surface area contributed by atoms with Crippen LogP contribution in [0.25, 0.3) is 0 Å². The summed E-state index contributed by atoms with van der Waals surface area (Å²) in [5.41, 5.74) is 2.11. The Bertz CT molecular complexity index is 420. The summed E-state index contributed by atoms with van der Waals surface area (Å²) in [5, 5.41) is 5.69. The third-order valence-corrected chi connectivity index (χ3v) is 2.56. The van der Waals surface area contributed by atoms with Gasteiger partial charge in [-0.25, -0.2) is 4.39 Å². The third-order valence-electron chi connectivity index (χ3n) is 2.56. The lowest BCUT2D eigenvalue weighted by atomic mass is 10.1. The van der Waals surface area contributed by atoms with Gasteiger partial charge in [0.2, 0.25) is 5.91 Å². The number of nitrogens with one attached hydrogen (secondary N) is 2. The van der Waals surface area contributed by atoms with Gasteiger partial charge in [0.05, 0.1) is 6.54 Å². The second-order valence-electron chi connectivity index (χ2n) is 4.24. The lowest BCUT2D eigenvalue weighted by Crippen LogP contribution is -2.33. The molecule has 2 N–H and O–H groups in total. The largest absolute Gasteiger partial charge is 0.351 e. The minimum absolute atomic E-state index is 0.0866. The van der Waals surface area contributed by atoms with Crippen LogP contribution in [0, 0.1) is 19.7 Å². The van der Waals surface area contributed by atoms with Gasteiger partial charge in [0.25, 0.3) is 0 Å². The van der Waals surface area contributed by atoms with Gasteiger partial charge in [0.1, 0.15) is 5.82 Å². The first kappa shape index (κ1) is 14.4. The Morgan fingerprint density at radius 1 is 1.39 bits per heavy atom. The molecule has 0 atom stereocenters. The number of rotatable bonds is 6. The summed E-state index contributed by atoms with van der Waals surface area (Å²) in [5.74, 6) is -0.269. The minimum Gasteiger partial charge on any atom is -0.351 e. The summed E-state index contributed by atoms with van der Waals surface area (Å²) in [4.78, 5) is 11.4. The van der Waals surface area contributed by atoms with Crippen LogP contribution in [0.5, 0.6) is 0 Å².